The van der Waals surface area contributed by atoms with Crippen LogP contribution in [0.3, 0.4) is 0 Å². The highest BCUT2D eigenvalue weighted by Gasteiger charge is 2.18. The zero-order valence-corrected chi connectivity index (χ0v) is 14.7. The number of aromatic carboxylic acids is 1. The first-order valence-electron chi connectivity index (χ1n) is 7.85. The van der Waals surface area contributed by atoms with E-state index in [2.05, 4.69) is 15.4 Å². The first-order chi connectivity index (χ1) is 11.9. The number of carbonyl (C=O) groups excluding carboxylic acids is 1. The molecule has 25 heavy (non-hydrogen) atoms. The number of aromatic nitrogens is 1. The minimum atomic E-state index is -1.02. The maximum atomic E-state index is 12.4. The number of carboxylic acids is 1. The van der Waals surface area contributed by atoms with Gasteiger partial charge in [-0.3, -0.25) is 9.80 Å². The highest BCUT2D eigenvalue weighted by molar-refractivity contribution is 7.13. The standard InChI is InChI=1S/C17H18N4O3S/c1-10-7-8-21(20-10)13-5-3-12(4-6-13)15(22)19-11(2)16-18-9-14(25-16)17(23)24/h3-6,9,11H,7-8H2,1-2H3,(H,19,22)(H,23,24). The van der Waals surface area contributed by atoms with E-state index in [0.29, 0.717) is 10.6 Å². The van der Waals surface area contributed by atoms with Crippen LogP contribution in [-0.2, 0) is 0 Å². The van der Waals surface area contributed by atoms with E-state index in [1.165, 1.54) is 6.20 Å². The van der Waals surface area contributed by atoms with Crippen LogP contribution in [-0.4, -0.2) is 34.2 Å². The maximum Gasteiger partial charge on any atom is 0.347 e. The van der Waals surface area contributed by atoms with Gasteiger partial charge in [0.2, 0.25) is 0 Å². The van der Waals surface area contributed by atoms with Gasteiger partial charge in [-0.25, -0.2) is 9.78 Å². The normalized spacial score (nSPS) is 15.0. The zero-order valence-electron chi connectivity index (χ0n) is 13.9. The highest BCUT2D eigenvalue weighted by atomic mass is 32.1. The van der Waals surface area contributed by atoms with Gasteiger partial charge in [-0.1, -0.05) is 0 Å². The predicted octanol–water partition coefficient (Wildman–Crippen LogP) is 2.92. The van der Waals surface area contributed by atoms with Gasteiger partial charge < -0.3 is 10.4 Å². The van der Waals surface area contributed by atoms with Crippen LogP contribution >= 0.6 is 11.3 Å². The maximum absolute atomic E-state index is 12.4. The minimum Gasteiger partial charge on any atom is -0.477 e. The van der Waals surface area contributed by atoms with E-state index >= 15 is 0 Å². The zero-order chi connectivity index (χ0) is 18.0. The van der Waals surface area contributed by atoms with Crippen LogP contribution in [0, 0.1) is 0 Å². The van der Waals surface area contributed by atoms with Crippen molar-refractivity contribution in [2.45, 2.75) is 26.3 Å². The number of rotatable bonds is 5. The fraction of sp³-hybridized carbons (Fsp3) is 0.294. The SMILES string of the molecule is CC1=NN(c2ccc(C(=O)NC(C)c3ncc(C(=O)O)s3)cc2)CC1. The third kappa shape index (κ3) is 3.85. The molecule has 1 amide bonds. The smallest absolute Gasteiger partial charge is 0.347 e. The molecule has 0 bridgehead atoms. The van der Waals surface area contributed by atoms with Crippen LogP contribution in [0.2, 0.25) is 0 Å². The van der Waals surface area contributed by atoms with Crippen molar-refractivity contribution in [3.63, 3.8) is 0 Å². The largest absolute Gasteiger partial charge is 0.477 e. The van der Waals surface area contributed by atoms with Gasteiger partial charge in [0.25, 0.3) is 5.91 Å². The predicted molar refractivity (Wildman–Crippen MR) is 96.5 cm³/mol. The monoisotopic (exact) mass is 358 g/mol. The summed E-state index contributed by atoms with van der Waals surface area (Å²) in [7, 11) is 0. The molecule has 1 atom stereocenters. The molecular weight excluding hydrogens is 340 g/mol. The number of carboxylic acid groups (broad SMARTS) is 1. The fourth-order valence-corrected chi connectivity index (χ4v) is 3.23. The summed E-state index contributed by atoms with van der Waals surface area (Å²) in [4.78, 5) is 27.5. The van der Waals surface area contributed by atoms with Crippen molar-refractivity contribution in [2.75, 3.05) is 11.6 Å². The quantitative estimate of drug-likeness (QED) is 0.857. The number of carbonyl (C=O) groups is 2. The van der Waals surface area contributed by atoms with Gasteiger partial charge in [-0.15, -0.1) is 11.3 Å². The molecule has 1 aromatic heterocycles. The van der Waals surface area contributed by atoms with Gasteiger partial charge in [0.1, 0.15) is 9.88 Å². The molecule has 2 aromatic rings. The van der Waals surface area contributed by atoms with Gasteiger partial charge >= 0.3 is 5.97 Å². The van der Waals surface area contributed by atoms with Crippen molar-refractivity contribution in [2.24, 2.45) is 5.10 Å². The Kier molecular flexibility index (Phi) is 4.80. The Hall–Kier alpha value is -2.74. The van der Waals surface area contributed by atoms with E-state index in [4.69, 9.17) is 5.11 Å². The van der Waals surface area contributed by atoms with Crippen molar-refractivity contribution >= 4 is 34.6 Å². The average molecular weight is 358 g/mol. The van der Waals surface area contributed by atoms with E-state index in [9.17, 15) is 9.59 Å². The molecule has 1 aliphatic heterocycles. The summed E-state index contributed by atoms with van der Waals surface area (Å²) in [5, 5.41) is 18.7. The molecule has 0 fully saturated rings. The van der Waals surface area contributed by atoms with Crippen LogP contribution in [0.4, 0.5) is 5.69 Å². The lowest BCUT2D eigenvalue weighted by molar-refractivity contribution is 0.0701. The number of hydrazone groups is 1. The molecule has 1 aromatic carbocycles. The second-order valence-electron chi connectivity index (χ2n) is 5.82. The summed E-state index contributed by atoms with van der Waals surface area (Å²) < 4.78 is 0. The number of nitrogens with one attached hydrogen (secondary N) is 1. The lowest BCUT2D eigenvalue weighted by Crippen LogP contribution is -2.26. The summed E-state index contributed by atoms with van der Waals surface area (Å²) in [6.07, 6.45) is 2.25. The first-order valence-corrected chi connectivity index (χ1v) is 8.67. The number of anilines is 1. The number of benzene rings is 1. The molecule has 130 valence electrons. The molecule has 8 heteroatoms. The summed E-state index contributed by atoms with van der Waals surface area (Å²) in [6.45, 7) is 4.63. The minimum absolute atomic E-state index is 0.155. The summed E-state index contributed by atoms with van der Waals surface area (Å²) in [5.74, 6) is -1.25. The van der Waals surface area contributed by atoms with Gasteiger partial charge in [0, 0.05) is 24.2 Å². The fourth-order valence-electron chi connectivity index (χ4n) is 2.47. The van der Waals surface area contributed by atoms with Gasteiger partial charge in [0.05, 0.1) is 17.9 Å². The summed E-state index contributed by atoms with van der Waals surface area (Å²) >= 11 is 1.06. The summed E-state index contributed by atoms with van der Waals surface area (Å²) in [5.41, 5.74) is 2.58. The Labute approximate surface area is 149 Å². The molecule has 7 nitrogen and oxygen atoms in total. The molecule has 2 heterocycles. The van der Waals surface area contributed by atoms with Crippen LogP contribution in [0.1, 0.15) is 51.3 Å². The lowest BCUT2D eigenvalue weighted by atomic mass is 10.1. The Morgan fingerprint density at radius 2 is 2.04 bits per heavy atom. The number of amides is 1. The summed E-state index contributed by atoms with van der Waals surface area (Å²) in [6, 6.07) is 6.88. The second kappa shape index (κ2) is 7.02. The van der Waals surface area contributed by atoms with Gasteiger partial charge in [-0.2, -0.15) is 5.10 Å². The van der Waals surface area contributed by atoms with Crippen LogP contribution in [0.15, 0.2) is 35.6 Å². The molecular formula is C17H18N4O3S. The van der Waals surface area contributed by atoms with E-state index in [-0.39, 0.29) is 16.8 Å². The van der Waals surface area contributed by atoms with Crippen molar-refractivity contribution < 1.29 is 14.7 Å². The van der Waals surface area contributed by atoms with Crippen molar-refractivity contribution in [1.82, 2.24) is 10.3 Å². The first kappa shape index (κ1) is 17.1. The van der Waals surface area contributed by atoms with E-state index in [0.717, 1.165) is 35.7 Å². The van der Waals surface area contributed by atoms with Crippen molar-refractivity contribution in [1.29, 1.82) is 0 Å². The number of hydrogen-bond acceptors (Lipinski definition) is 6. The topological polar surface area (TPSA) is 94.9 Å². The molecule has 1 unspecified atom stereocenters. The number of thiazole rings is 1. The van der Waals surface area contributed by atoms with Gasteiger partial charge in [-0.05, 0) is 38.1 Å². The Morgan fingerprint density at radius 3 is 2.60 bits per heavy atom. The second-order valence-corrected chi connectivity index (χ2v) is 6.88. The molecule has 1 aliphatic rings. The van der Waals surface area contributed by atoms with Crippen LogP contribution in [0.5, 0.6) is 0 Å². The number of nitrogens with zero attached hydrogens (tertiary/aromatic N) is 3. The molecule has 0 saturated carbocycles. The van der Waals surface area contributed by atoms with Crippen molar-refractivity contribution in [3.05, 3.63) is 45.9 Å². The molecule has 0 aliphatic carbocycles. The average Bonchev–Trinajstić information content (AvgIpc) is 3.24. The van der Waals surface area contributed by atoms with Crippen molar-refractivity contribution in [3.8, 4) is 0 Å². The van der Waals surface area contributed by atoms with E-state index < -0.39 is 5.97 Å². The lowest BCUT2D eigenvalue weighted by Gasteiger charge is -2.15. The third-order valence-electron chi connectivity index (χ3n) is 3.86. The van der Waals surface area contributed by atoms with E-state index in [1.807, 2.05) is 24.1 Å². The molecule has 3 rings (SSSR count). The molecule has 0 saturated heterocycles. The molecule has 2 N–H and O–H groups in total. The molecule has 0 spiro atoms. The Bertz CT molecular complexity index is 829. The van der Waals surface area contributed by atoms with E-state index in [1.54, 1.807) is 19.1 Å². The Balaban J connectivity index is 1.65. The number of hydrogen-bond donors (Lipinski definition) is 2. The van der Waals surface area contributed by atoms with Gasteiger partial charge in [0.15, 0.2) is 0 Å². The Morgan fingerprint density at radius 1 is 1.32 bits per heavy atom. The highest BCUT2D eigenvalue weighted by Crippen LogP contribution is 2.22. The van der Waals surface area contributed by atoms with Crippen LogP contribution < -0.4 is 10.3 Å². The molecule has 0 radical (unpaired) electrons. The third-order valence-corrected chi connectivity index (χ3v) is 5.02. The van der Waals surface area contributed by atoms with Crippen LogP contribution in [0.25, 0.3) is 0 Å².